The quantitative estimate of drug-likeness (QED) is 0.900. The van der Waals surface area contributed by atoms with E-state index in [-0.39, 0.29) is 11.7 Å². The van der Waals surface area contributed by atoms with Gasteiger partial charge in [0, 0.05) is 11.8 Å². The van der Waals surface area contributed by atoms with Crippen molar-refractivity contribution < 1.29 is 14.6 Å². The van der Waals surface area contributed by atoms with Crippen molar-refractivity contribution in [3.63, 3.8) is 0 Å². The maximum Gasteiger partial charge on any atom is 0.259 e. The number of phenols is 1. The number of nitrogens with one attached hydrogen (secondary N) is 1. The second-order valence-electron chi connectivity index (χ2n) is 4.66. The van der Waals surface area contributed by atoms with Crippen LogP contribution in [0, 0.1) is 13.8 Å². The minimum atomic E-state index is -0.270. The zero-order chi connectivity index (χ0) is 14.7. The summed E-state index contributed by atoms with van der Waals surface area (Å²) in [6.45, 7) is 3.71. The highest BCUT2D eigenvalue weighted by Crippen LogP contribution is 2.24. The molecule has 0 saturated carbocycles. The zero-order valence-electron chi connectivity index (χ0n) is 11.7. The lowest BCUT2D eigenvalue weighted by Crippen LogP contribution is -2.13. The molecule has 1 amide bonds. The molecule has 2 aromatic carbocycles. The van der Waals surface area contributed by atoms with Crippen LogP contribution in [0.1, 0.15) is 21.5 Å². The Balaban J connectivity index is 2.27. The summed E-state index contributed by atoms with van der Waals surface area (Å²) in [4.78, 5) is 12.3. The second kappa shape index (κ2) is 5.65. The molecule has 0 heterocycles. The lowest BCUT2D eigenvalue weighted by Gasteiger charge is -2.11. The normalized spacial score (nSPS) is 10.2. The number of amides is 1. The summed E-state index contributed by atoms with van der Waals surface area (Å²) in [5.41, 5.74) is 2.74. The molecule has 4 heteroatoms. The number of carbonyl (C=O) groups excluding carboxylic acids is 1. The van der Waals surface area contributed by atoms with Gasteiger partial charge in [-0.3, -0.25) is 4.79 Å². The Hall–Kier alpha value is -2.49. The van der Waals surface area contributed by atoms with E-state index in [2.05, 4.69) is 5.32 Å². The van der Waals surface area contributed by atoms with Crippen molar-refractivity contribution in [2.24, 2.45) is 0 Å². The fourth-order valence-electron chi connectivity index (χ4n) is 1.88. The Morgan fingerprint density at radius 2 is 1.90 bits per heavy atom. The maximum atomic E-state index is 12.3. The fourth-order valence-corrected chi connectivity index (χ4v) is 1.88. The number of benzene rings is 2. The van der Waals surface area contributed by atoms with Gasteiger partial charge in [-0.05, 0) is 37.6 Å². The molecule has 0 fully saturated rings. The molecule has 104 valence electrons. The average Bonchev–Trinajstić information content (AvgIpc) is 2.43. The Bertz CT molecular complexity index is 650. The van der Waals surface area contributed by atoms with Crippen LogP contribution < -0.4 is 10.1 Å². The number of rotatable bonds is 3. The van der Waals surface area contributed by atoms with Gasteiger partial charge in [-0.1, -0.05) is 17.7 Å². The van der Waals surface area contributed by atoms with Crippen LogP contribution in [0.3, 0.4) is 0 Å². The number of anilines is 1. The number of carbonyl (C=O) groups is 1. The molecule has 2 N–H and O–H groups in total. The molecule has 2 aromatic rings. The van der Waals surface area contributed by atoms with E-state index in [0.29, 0.717) is 17.0 Å². The molecule has 0 aromatic heterocycles. The van der Waals surface area contributed by atoms with Gasteiger partial charge < -0.3 is 15.2 Å². The van der Waals surface area contributed by atoms with Crippen molar-refractivity contribution in [2.45, 2.75) is 13.8 Å². The Morgan fingerprint density at radius 3 is 2.55 bits per heavy atom. The van der Waals surface area contributed by atoms with Gasteiger partial charge in [-0.2, -0.15) is 0 Å². The van der Waals surface area contributed by atoms with Crippen molar-refractivity contribution in [3.05, 3.63) is 53.1 Å². The third kappa shape index (κ3) is 2.91. The molecule has 0 bridgehead atoms. The van der Waals surface area contributed by atoms with Crippen LogP contribution in [0.2, 0.25) is 0 Å². The SMILES string of the molecule is COc1ccc(C)cc1C(=O)Nc1ccc(C)c(O)c1. The maximum absolute atomic E-state index is 12.3. The van der Waals surface area contributed by atoms with E-state index in [4.69, 9.17) is 4.74 Å². The number of methoxy groups -OCH3 is 1. The van der Waals surface area contributed by atoms with Gasteiger partial charge in [0.1, 0.15) is 11.5 Å². The van der Waals surface area contributed by atoms with Crippen LogP contribution in [-0.2, 0) is 0 Å². The van der Waals surface area contributed by atoms with Crippen LogP contribution in [0.4, 0.5) is 5.69 Å². The fraction of sp³-hybridized carbons (Fsp3) is 0.188. The molecule has 4 nitrogen and oxygen atoms in total. The Morgan fingerprint density at radius 1 is 1.15 bits per heavy atom. The van der Waals surface area contributed by atoms with E-state index >= 15 is 0 Å². The number of aromatic hydroxyl groups is 1. The Labute approximate surface area is 118 Å². The highest BCUT2D eigenvalue weighted by atomic mass is 16.5. The van der Waals surface area contributed by atoms with Crippen LogP contribution >= 0.6 is 0 Å². The molecule has 2 rings (SSSR count). The summed E-state index contributed by atoms with van der Waals surface area (Å²) in [5, 5.41) is 12.4. The van der Waals surface area contributed by atoms with Crippen LogP contribution in [0.5, 0.6) is 11.5 Å². The van der Waals surface area contributed by atoms with Crippen molar-refractivity contribution in [3.8, 4) is 11.5 Å². The van der Waals surface area contributed by atoms with E-state index in [9.17, 15) is 9.90 Å². The number of hydrogen-bond acceptors (Lipinski definition) is 3. The van der Waals surface area contributed by atoms with Crippen LogP contribution in [-0.4, -0.2) is 18.1 Å². The van der Waals surface area contributed by atoms with Crippen molar-refractivity contribution >= 4 is 11.6 Å². The van der Waals surface area contributed by atoms with Gasteiger partial charge in [-0.25, -0.2) is 0 Å². The first-order valence-electron chi connectivity index (χ1n) is 6.27. The molecule has 0 unspecified atom stereocenters. The molecule has 0 aliphatic carbocycles. The molecule has 0 saturated heterocycles. The van der Waals surface area contributed by atoms with E-state index < -0.39 is 0 Å². The van der Waals surface area contributed by atoms with Crippen molar-refractivity contribution in [1.82, 2.24) is 0 Å². The summed E-state index contributed by atoms with van der Waals surface area (Å²) < 4.78 is 5.19. The first kappa shape index (κ1) is 13.9. The first-order chi connectivity index (χ1) is 9.51. The van der Waals surface area contributed by atoms with Crippen molar-refractivity contribution in [2.75, 3.05) is 12.4 Å². The number of hydrogen-bond donors (Lipinski definition) is 2. The summed E-state index contributed by atoms with van der Waals surface area (Å²) >= 11 is 0. The zero-order valence-corrected chi connectivity index (χ0v) is 11.7. The second-order valence-corrected chi connectivity index (χ2v) is 4.66. The smallest absolute Gasteiger partial charge is 0.259 e. The van der Waals surface area contributed by atoms with Gasteiger partial charge in [-0.15, -0.1) is 0 Å². The standard InChI is InChI=1S/C16H17NO3/c1-10-4-7-15(20-3)13(8-10)16(19)17-12-6-5-11(2)14(18)9-12/h4-9,18H,1-3H3,(H,17,19). The predicted octanol–water partition coefficient (Wildman–Crippen LogP) is 3.27. The monoisotopic (exact) mass is 271 g/mol. The molecular formula is C16H17NO3. The molecular weight excluding hydrogens is 254 g/mol. The summed E-state index contributed by atoms with van der Waals surface area (Å²) in [6.07, 6.45) is 0. The van der Waals surface area contributed by atoms with E-state index in [1.807, 2.05) is 13.0 Å². The summed E-state index contributed by atoms with van der Waals surface area (Å²) in [7, 11) is 1.53. The Kier molecular flexibility index (Phi) is 3.94. The summed E-state index contributed by atoms with van der Waals surface area (Å²) in [5.74, 6) is 0.400. The van der Waals surface area contributed by atoms with E-state index in [1.165, 1.54) is 13.2 Å². The topological polar surface area (TPSA) is 58.6 Å². The lowest BCUT2D eigenvalue weighted by atomic mass is 10.1. The molecule has 0 spiro atoms. The molecule has 0 atom stereocenters. The molecule has 0 aliphatic rings. The average molecular weight is 271 g/mol. The lowest BCUT2D eigenvalue weighted by molar-refractivity contribution is 0.102. The highest BCUT2D eigenvalue weighted by molar-refractivity contribution is 6.06. The molecule has 0 radical (unpaired) electrons. The predicted molar refractivity (Wildman–Crippen MR) is 78.5 cm³/mol. The molecule has 20 heavy (non-hydrogen) atoms. The van der Waals surface area contributed by atoms with E-state index in [0.717, 1.165) is 11.1 Å². The van der Waals surface area contributed by atoms with Crippen molar-refractivity contribution in [1.29, 1.82) is 0 Å². The van der Waals surface area contributed by atoms with Crippen LogP contribution in [0.15, 0.2) is 36.4 Å². The number of aryl methyl sites for hydroxylation is 2. The van der Waals surface area contributed by atoms with Gasteiger partial charge in [0.2, 0.25) is 0 Å². The third-order valence-electron chi connectivity index (χ3n) is 3.07. The van der Waals surface area contributed by atoms with E-state index in [1.54, 1.807) is 31.2 Å². The number of ether oxygens (including phenoxy) is 1. The third-order valence-corrected chi connectivity index (χ3v) is 3.07. The highest BCUT2D eigenvalue weighted by Gasteiger charge is 2.13. The molecule has 0 aliphatic heterocycles. The van der Waals surface area contributed by atoms with Gasteiger partial charge in [0.05, 0.1) is 12.7 Å². The van der Waals surface area contributed by atoms with Gasteiger partial charge in [0.25, 0.3) is 5.91 Å². The minimum Gasteiger partial charge on any atom is -0.508 e. The minimum absolute atomic E-state index is 0.152. The first-order valence-corrected chi connectivity index (χ1v) is 6.27. The van der Waals surface area contributed by atoms with Crippen LogP contribution in [0.25, 0.3) is 0 Å². The number of phenolic OH excluding ortho intramolecular Hbond substituents is 1. The van der Waals surface area contributed by atoms with Gasteiger partial charge >= 0.3 is 0 Å². The summed E-state index contributed by atoms with van der Waals surface area (Å²) in [6, 6.07) is 10.4. The van der Waals surface area contributed by atoms with Gasteiger partial charge in [0.15, 0.2) is 0 Å². The largest absolute Gasteiger partial charge is 0.508 e.